The number of hydrogen-bond acceptors (Lipinski definition) is 3. The molecule has 0 spiro atoms. The normalized spacial score (nSPS) is 14.9. The Balaban J connectivity index is 1.35. The molecule has 35 heavy (non-hydrogen) atoms. The molecule has 1 amide bonds. The van der Waals surface area contributed by atoms with Gasteiger partial charge < -0.3 is 4.90 Å². The Bertz CT molecular complexity index is 1380. The summed E-state index contributed by atoms with van der Waals surface area (Å²) in [4.78, 5) is 19.4. The molecular weight excluding hydrogens is 453 g/mol. The molecule has 1 aliphatic heterocycles. The molecule has 1 fully saturated rings. The number of carbonyl (C=O) groups is 1. The molecule has 0 unspecified atom stereocenters. The van der Waals surface area contributed by atoms with Crippen LogP contribution in [0.15, 0.2) is 77.8 Å². The Kier molecular flexibility index (Phi) is 6.35. The predicted molar refractivity (Wildman–Crippen MR) is 130 cm³/mol. The minimum absolute atomic E-state index is 0.134. The molecule has 1 aliphatic rings. The quantitative estimate of drug-likeness (QED) is 0.309. The Morgan fingerprint density at radius 1 is 1.00 bits per heavy atom. The van der Waals surface area contributed by atoms with E-state index in [1.54, 1.807) is 23.1 Å². The Morgan fingerprint density at radius 2 is 1.77 bits per heavy atom. The van der Waals surface area contributed by atoms with Crippen LogP contribution in [0.3, 0.4) is 0 Å². The third-order valence-electron chi connectivity index (χ3n) is 6.25. The smallest absolute Gasteiger partial charge is 0.333 e. The van der Waals surface area contributed by atoms with E-state index < -0.39 is 12.4 Å². The van der Waals surface area contributed by atoms with Gasteiger partial charge in [-0.2, -0.15) is 13.9 Å². The van der Waals surface area contributed by atoms with E-state index in [2.05, 4.69) is 10.1 Å². The number of amides is 1. The summed E-state index contributed by atoms with van der Waals surface area (Å²) >= 11 is 0. The van der Waals surface area contributed by atoms with Gasteiger partial charge in [-0.3, -0.25) is 9.79 Å². The van der Waals surface area contributed by atoms with Gasteiger partial charge >= 0.3 is 6.55 Å². The highest BCUT2D eigenvalue weighted by Crippen LogP contribution is 2.32. The number of rotatable bonds is 5. The van der Waals surface area contributed by atoms with Crippen molar-refractivity contribution in [3.8, 4) is 11.3 Å². The summed E-state index contributed by atoms with van der Waals surface area (Å²) in [6, 6.07) is 20.0. The van der Waals surface area contributed by atoms with E-state index in [1.165, 1.54) is 24.3 Å². The third-order valence-corrected chi connectivity index (χ3v) is 6.25. The summed E-state index contributed by atoms with van der Waals surface area (Å²) in [5.41, 5.74) is 1.99. The molecule has 0 radical (unpaired) electrons. The van der Waals surface area contributed by atoms with Gasteiger partial charge in [0.25, 0.3) is 5.91 Å². The molecule has 0 aliphatic carbocycles. The maximum Gasteiger partial charge on any atom is 0.333 e. The number of piperidine rings is 1. The van der Waals surface area contributed by atoms with Crippen molar-refractivity contribution in [3.05, 3.63) is 84.2 Å². The molecule has 8 heteroatoms. The fraction of sp³-hybridized carbons (Fsp3) is 0.222. The summed E-state index contributed by atoms with van der Waals surface area (Å²) in [6.07, 6.45) is 3.50. The van der Waals surface area contributed by atoms with Crippen molar-refractivity contribution in [2.24, 2.45) is 10.9 Å². The number of carbonyl (C=O) groups excluding carboxylic acids is 1. The second-order valence-electron chi connectivity index (χ2n) is 8.56. The van der Waals surface area contributed by atoms with Gasteiger partial charge in [-0.15, -0.1) is 0 Å². The van der Waals surface area contributed by atoms with Gasteiger partial charge in [0.1, 0.15) is 11.5 Å². The van der Waals surface area contributed by atoms with E-state index in [9.17, 15) is 18.0 Å². The highest BCUT2D eigenvalue weighted by Gasteiger charge is 2.25. The predicted octanol–water partition coefficient (Wildman–Crippen LogP) is 6.49. The molecule has 0 saturated carbocycles. The molecule has 5 rings (SSSR count). The summed E-state index contributed by atoms with van der Waals surface area (Å²) in [6.45, 7) is -1.78. The number of fused-ring (bicyclic) bond motifs is 1. The third kappa shape index (κ3) is 4.82. The first-order valence-corrected chi connectivity index (χ1v) is 11.4. The van der Waals surface area contributed by atoms with Gasteiger partial charge in [-0.1, -0.05) is 30.3 Å². The summed E-state index contributed by atoms with van der Waals surface area (Å²) in [5, 5.41) is 4.46. The molecule has 2 heterocycles. The van der Waals surface area contributed by atoms with Crippen molar-refractivity contribution in [3.63, 3.8) is 0 Å². The molecule has 3 aromatic carbocycles. The lowest BCUT2D eigenvalue weighted by Crippen LogP contribution is -2.38. The lowest BCUT2D eigenvalue weighted by Gasteiger charge is -2.30. The molecule has 5 nitrogen and oxygen atoms in total. The summed E-state index contributed by atoms with van der Waals surface area (Å²) < 4.78 is 41.8. The zero-order chi connectivity index (χ0) is 24.4. The number of aromatic nitrogens is 2. The molecule has 178 valence electrons. The van der Waals surface area contributed by atoms with Crippen LogP contribution < -0.4 is 0 Å². The summed E-state index contributed by atoms with van der Waals surface area (Å²) in [5.74, 6) is -0.415. The minimum Gasteiger partial charge on any atom is -0.339 e. The number of likely N-dealkylation sites (tertiary alicyclic amines) is 1. The second-order valence-corrected chi connectivity index (χ2v) is 8.56. The fourth-order valence-corrected chi connectivity index (χ4v) is 4.41. The standard InChI is InChI=1S/C27H23F3N4O/c28-21-6-4-5-19(15-21)25-23-10-9-20(16-24(23)34(32-25)27(29)30)26(35)33-13-11-18(12-14-33)17-31-22-7-2-1-3-8-22/h1-10,15-18,27H,11-14H2. The molecule has 0 N–H and O–H groups in total. The Morgan fingerprint density at radius 3 is 2.49 bits per heavy atom. The van der Waals surface area contributed by atoms with Crippen LogP contribution in [0.1, 0.15) is 29.7 Å². The number of benzene rings is 3. The van der Waals surface area contributed by atoms with Gasteiger partial charge in [0.15, 0.2) is 0 Å². The number of aliphatic imine (C=N–C) groups is 1. The lowest BCUT2D eigenvalue weighted by atomic mass is 9.97. The Hall–Kier alpha value is -3.94. The van der Waals surface area contributed by atoms with Gasteiger partial charge in [-0.05, 0) is 61.2 Å². The zero-order valence-electron chi connectivity index (χ0n) is 18.8. The molecular formula is C27H23F3N4O. The maximum atomic E-state index is 13.7. The van der Waals surface area contributed by atoms with Crippen LogP contribution in [0.5, 0.6) is 0 Å². The Labute approximate surface area is 200 Å². The summed E-state index contributed by atoms with van der Waals surface area (Å²) in [7, 11) is 0. The van der Waals surface area contributed by atoms with Gasteiger partial charge in [-0.25, -0.2) is 9.07 Å². The van der Waals surface area contributed by atoms with Crippen molar-refractivity contribution < 1.29 is 18.0 Å². The monoisotopic (exact) mass is 476 g/mol. The van der Waals surface area contributed by atoms with Gasteiger partial charge in [0.05, 0.1) is 11.2 Å². The lowest BCUT2D eigenvalue weighted by molar-refractivity contribution is 0.0615. The first kappa shape index (κ1) is 22.8. The van der Waals surface area contributed by atoms with Crippen LogP contribution in [0, 0.1) is 11.7 Å². The van der Waals surface area contributed by atoms with E-state index in [0.29, 0.717) is 34.3 Å². The molecule has 0 atom stereocenters. The average molecular weight is 477 g/mol. The van der Waals surface area contributed by atoms with Gasteiger partial charge in [0, 0.05) is 35.8 Å². The van der Waals surface area contributed by atoms with Crippen molar-refractivity contribution in [2.45, 2.75) is 19.4 Å². The first-order valence-electron chi connectivity index (χ1n) is 11.4. The molecule has 1 aromatic heterocycles. The minimum atomic E-state index is -2.90. The number of halogens is 3. The van der Waals surface area contributed by atoms with E-state index in [4.69, 9.17) is 0 Å². The first-order chi connectivity index (χ1) is 17.0. The topological polar surface area (TPSA) is 50.5 Å². The SMILES string of the molecule is O=C(c1ccc2c(-c3cccc(F)c3)nn(C(F)F)c2c1)N1CCC(C=Nc2ccccc2)CC1. The number of para-hydroxylation sites is 1. The van der Waals surface area contributed by atoms with Crippen molar-refractivity contribution >= 4 is 28.7 Å². The largest absolute Gasteiger partial charge is 0.339 e. The van der Waals surface area contributed by atoms with Crippen LogP contribution in [0.2, 0.25) is 0 Å². The van der Waals surface area contributed by atoms with Crippen molar-refractivity contribution in [1.82, 2.24) is 14.7 Å². The van der Waals surface area contributed by atoms with Crippen molar-refractivity contribution in [1.29, 1.82) is 0 Å². The maximum absolute atomic E-state index is 13.7. The second kappa shape index (κ2) is 9.74. The van der Waals surface area contributed by atoms with Crippen molar-refractivity contribution in [2.75, 3.05) is 13.1 Å². The van der Waals surface area contributed by atoms with Gasteiger partial charge in [0.2, 0.25) is 0 Å². The molecule has 4 aromatic rings. The fourth-order valence-electron chi connectivity index (χ4n) is 4.41. The van der Waals surface area contributed by atoms with E-state index in [0.717, 1.165) is 18.5 Å². The average Bonchev–Trinajstić information content (AvgIpc) is 3.27. The number of alkyl halides is 2. The van der Waals surface area contributed by atoms with Crippen LogP contribution in [0.4, 0.5) is 18.9 Å². The highest BCUT2D eigenvalue weighted by atomic mass is 19.3. The van der Waals surface area contributed by atoms with E-state index in [-0.39, 0.29) is 23.0 Å². The van der Waals surface area contributed by atoms with E-state index >= 15 is 0 Å². The van der Waals surface area contributed by atoms with E-state index in [1.807, 2.05) is 36.5 Å². The molecule has 1 saturated heterocycles. The number of hydrogen-bond donors (Lipinski definition) is 0. The molecule has 0 bridgehead atoms. The zero-order valence-corrected chi connectivity index (χ0v) is 18.8. The number of nitrogens with zero attached hydrogens (tertiary/aromatic N) is 4. The van der Waals surface area contributed by atoms with Crippen LogP contribution in [0.25, 0.3) is 22.2 Å². The van der Waals surface area contributed by atoms with Crippen LogP contribution >= 0.6 is 0 Å². The van der Waals surface area contributed by atoms with Crippen LogP contribution in [-0.4, -0.2) is 39.9 Å². The highest BCUT2D eigenvalue weighted by molar-refractivity contribution is 6.01. The van der Waals surface area contributed by atoms with Crippen LogP contribution in [-0.2, 0) is 0 Å².